The van der Waals surface area contributed by atoms with E-state index in [2.05, 4.69) is 12.1 Å². The number of aliphatic carboxylic acids is 1. The van der Waals surface area contributed by atoms with Crippen LogP contribution in [0.4, 0.5) is 0 Å². The standard InChI is InChI=1S/C27H24O4/c28-26(29)24-22(17-9-3-1-4-10-17)25(23(24)18-11-5-2-6-12-18)27(30)31-21-15-19-13-7-8-14-20(19)16-21/h1-14,21-25H,15-16H2,(H,28,29)/t22-,23-,24?,25?/m0/s1. The fourth-order valence-electron chi connectivity index (χ4n) is 5.37. The van der Waals surface area contributed by atoms with Crippen molar-refractivity contribution in [1.82, 2.24) is 0 Å². The fraction of sp³-hybridized carbons (Fsp3) is 0.259. The van der Waals surface area contributed by atoms with Crippen LogP contribution in [0, 0.1) is 11.8 Å². The van der Waals surface area contributed by atoms with Crippen molar-refractivity contribution in [2.75, 3.05) is 0 Å². The molecule has 3 aromatic rings. The molecule has 0 aliphatic heterocycles. The van der Waals surface area contributed by atoms with Gasteiger partial charge in [-0.25, -0.2) is 0 Å². The second kappa shape index (κ2) is 8.03. The van der Waals surface area contributed by atoms with Gasteiger partial charge in [-0.2, -0.15) is 0 Å². The lowest BCUT2D eigenvalue weighted by Gasteiger charge is -2.49. The highest BCUT2D eigenvalue weighted by Gasteiger charge is 2.59. The molecule has 0 spiro atoms. The number of hydrogen-bond acceptors (Lipinski definition) is 3. The summed E-state index contributed by atoms with van der Waals surface area (Å²) in [6, 6.07) is 27.2. The van der Waals surface area contributed by atoms with Crippen LogP contribution in [0.1, 0.15) is 34.1 Å². The van der Waals surface area contributed by atoms with Crippen molar-refractivity contribution in [2.45, 2.75) is 30.8 Å². The highest BCUT2D eigenvalue weighted by Crippen LogP contribution is 2.58. The SMILES string of the molecule is O=C(O)C1[C@H](c2ccccc2)C(C(=O)OC2Cc3ccccc3C2)[C@H]1c1ccccc1. The Kier molecular flexibility index (Phi) is 5.06. The number of fused-ring (bicyclic) bond motifs is 1. The first-order valence-electron chi connectivity index (χ1n) is 10.7. The predicted molar refractivity (Wildman–Crippen MR) is 117 cm³/mol. The van der Waals surface area contributed by atoms with Crippen molar-refractivity contribution in [2.24, 2.45) is 11.8 Å². The van der Waals surface area contributed by atoms with Gasteiger partial charge in [-0.05, 0) is 22.3 Å². The number of carbonyl (C=O) groups excluding carboxylic acids is 1. The zero-order chi connectivity index (χ0) is 21.4. The minimum Gasteiger partial charge on any atom is -0.481 e. The van der Waals surface area contributed by atoms with Gasteiger partial charge in [0.05, 0.1) is 11.8 Å². The third kappa shape index (κ3) is 3.52. The Labute approximate surface area is 181 Å². The van der Waals surface area contributed by atoms with Gasteiger partial charge in [0.2, 0.25) is 0 Å². The summed E-state index contributed by atoms with van der Waals surface area (Å²) in [5, 5.41) is 10.0. The van der Waals surface area contributed by atoms with E-state index in [0.717, 1.165) is 11.1 Å². The van der Waals surface area contributed by atoms with E-state index in [1.807, 2.05) is 72.8 Å². The van der Waals surface area contributed by atoms with E-state index < -0.39 is 29.6 Å². The molecule has 5 rings (SSSR count). The van der Waals surface area contributed by atoms with E-state index in [-0.39, 0.29) is 12.1 Å². The number of rotatable bonds is 5. The minimum absolute atomic E-state index is 0.193. The molecule has 1 saturated carbocycles. The van der Waals surface area contributed by atoms with E-state index in [0.29, 0.717) is 12.8 Å². The summed E-state index contributed by atoms with van der Waals surface area (Å²) in [4.78, 5) is 25.7. The average molecular weight is 412 g/mol. The molecule has 0 aromatic heterocycles. The lowest BCUT2D eigenvalue weighted by atomic mass is 9.52. The van der Waals surface area contributed by atoms with E-state index in [9.17, 15) is 14.7 Å². The molecule has 0 heterocycles. The molecule has 1 N–H and O–H groups in total. The molecule has 1 fully saturated rings. The summed E-state index contributed by atoms with van der Waals surface area (Å²) in [5.41, 5.74) is 4.19. The van der Waals surface area contributed by atoms with Crippen molar-refractivity contribution >= 4 is 11.9 Å². The number of ether oxygens (including phenoxy) is 1. The first kappa shape index (κ1) is 19.6. The lowest BCUT2D eigenvalue weighted by molar-refractivity contribution is -0.167. The molecule has 3 aromatic carbocycles. The molecule has 2 atom stereocenters. The van der Waals surface area contributed by atoms with E-state index >= 15 is 0 Å². The molecule has 2 aliphatic carbocycles. The van der Waals surface area contributed by atoms with Crippen molar-refractivity contribution in [3.8, 4) is 0 Å². The summed E-state index contributed by atoms with van der Waals surface area (Å²) < 4.78 is 6.00. The summed E-state index contributed by atoms with van der Waals surface area (Å²) in [6.07, 6.45) is 1.23. The number of carboxylic acids is 1. The van der Waals surface area contributed by atoms with Crippen molar-refractivity contribution < 1.29 is 19.4 Å². The van der Waals surface area contributed by atoms with Gasteiger partial charge in [-0.15, -0.1) is 0 Å². The zero-order valence-corrected chi connectivity index (χ0v) is 17.1. The highest BCUT2D eigenvalue weighted by atomic mass is 16.5. The number of carboxylic acid groups (broad SMARTS) is 1. The quantitative estimate of drug-likeness (QED) is 0.623. The molecule has 31 heavy (non-hydrogen) atoms. The topological polar surface area (TPSA) is 63.6 Å². The maximum Gasteiger partial charge on any atom is 0.310 e. The molecule has 2 aliphatic rings. The lowest BCUT2D eigenvalue weighted by Crippen LogP contribution is -2.52. The van der Waals surface area contributed by atoms with E-state index in [1.54, 1.807) is 0 Å². The van der Waals surface area contributed by atoms with Crippen LogP contribution in [0.3, 0.4) is 0 Å². The number of esters is 1. The van der Waals surface area contributed by atoms with E-state index in [1.165, 1.54) is 11.1 Å². The fourth-order valence-corrected chi connectivity index (χ4v) is 5.37. The van der Waals surface area contributed by atoms with Gasteiger partial charge in [-0.3, -0.25) is 9.59 Å². The maximum absolute atomic E-state index is 13.5. The summed E-state index contributed by atoms with van der Waals surface area (Å²) >= 11 is 0. The van der Waals surface area contributed by atoms with Gasteiger partial charge < -0.3 is 9.84 Å². The molecule has 4 heteroatoms. The molecule has 0 radical (unpaired) electrons. The van der Waals surface area contributed by atoms with Crippen LogP contribution >= 0.6 is 0 Å². The number of carbonyl (C=O) groups is 2. The van der Waals surface area contributed by atoms with Gasteiger partial charge in [0.25, 0.3) is 0 Å². The van der Waals surface area contributed by atoms with Gasteiger partial charge in [0.15, 0.2) is 0 Å². The average Bonchev–Trinajstić information content (AvgIpc) is 3.16. The Morgan fingerprint density at radius 3 is 1.58 bits per heavy atom. The number of hydrogen-bond donors (Lipinski definition) is 1. The van der Waals surface area contributed by atoms with Crippen LogP contribution in [0.2, 0.25) is 0 Å². The largest absolute Gasteiger partial charge is 0.481 e. The smallest absolute Gasteiger partial charge is 0.310 e. The van der Waals surface area contributed by atoms with Gasteiger partial charge in [0.1, 0.15) is 6.10 Å². The second-order valence-electron chi connectivity index (χ2n) is 8.50. The summed E-state index contributed by atoms with van der Waals surface area (Å²) in [6.45, 7) is 0. The van der Waals surface area contributed by atoms with Gasteiger partial charge >= 0.3 is 11.9 Å². The molecule has 156 valence electrons. The second-order valence-corrected chi connectivity index (χ2v) is 8.50. The van der Waals surface area contributed by atoms with Gasteiger partial charge in [0, 0.05) is 24.7 Å². The molecule has 0 saturated heterocycles. The monoisotopic (exact) mass is 412 g/mol. The maximum atomic E-state index is 13.5. The molecular weight excluding hydrogens is 388 g/mol. The third-order valence-corrected chi connectivity index (χ3v) is 6.77. The Morgan fingerprint density at radius 2 is 1.13 bits per heavy atom. The Bertz CT molecular complexity index is 1020. The molecule has 0 amide bonds. The third-order valence-electron chi connectivity index (χ3n) is 6.77. The molecular formula is C27H24O4. The Hall–Kier alpha value is -3.40. The van der Waals surface area contributed by atoms with Crippen LogP contribution in [-0.2, 0) is 27.2 Å². The summed E-state index contributed by atoms with van der Waals surface area (Å²) in [5.74, 6) is -3.16. The van der Waals surface area contributed by atoms with Crippen LogP contribution in [0.5, 0.6) is 0 Å². The van der Waals surface area contributed by atoms with Crippen LogP contribution in [0.25, 0.3) is 0 Å². The Morgan fingerprint density at radius 1 is 0.677 bits per heavy atom. The highest BCUT2D eigenvalue weighted by molar-refractivity contribution is 5.84. The minimum atomic E-state index is -0.875. The molecule has 0 unspecified atom stereocenters. The van der Waals surface area contributed by atoms with Crippen LogP contribution in [0.15, 0.2) is 84.9 Å². The van der Waals surface area contributed by atoms with Crippen LogP contribution < -0.4 is 0 Å². The number of benzene rings is 3. The van der Waals surface area contributed by atoms with Gasteiger partial charge in [-0.1, -0.05) is 84.9 Å². The molecule has 4 nitrogen and oxygen atoms in total. The van der Waals surface area contributed by atoms with E-state index in [4.69, 9.17) is 4.74 Å². The first-order chi connectivity index (χ1) is 15.1. The molecule has 0 bridgehead atoms. The first-order valence-corrected chi connectivity index (χ1v) is 10.7. The zero-order valence-electron chi connectivity index (χ0n) is 17.1. The van der Waals surface area contributed by atoms with Crippen LogP contribution in [-0.4, -0.2) is 23.1 Å². The normalized spacial score (nSPS) is 24.8. The predicted octanol–water partition coefficient (Wildman–Crippen LogP) is 4.60. The van der Waals surface area contributed by atoms with Crippen molar-refractivity contribution in [1.29, 1.82) is 0 Å². The van der Waals surface area contributed by atoms with Crippen molar-refractivity contribution in [3.63, 3.8) is 0 Å². The Balaban J connectivity index is 1.45. The summed E-state index contributed by atoms with van der Waals surface area (Å²) in [7, 11) is 0. The van der Waals surface area contributed by atoms with Crippen molar-refractivity contribution in [3.05, 3.63) is 107 Å².